The minimum atomic E-state index is -0.341. The molecule has 3 aromatic rings. The second-order valence-electron chi connectivity index (χ2n) is 9.02. The molecule has 36 heavy (non-hydrogen) atoms. The zero-order valence-electron chi connectivity index (χ0n) is 20.4. The van der Waals surface area contributed by atoms with E-state index in [1.165, 1.54) is 5.69 Å². The summed E-state index contributed by atoms with van der Waals surface area (Å²) in [6.45, 7) is 4.60. The van der Waals surface area contributed by atoms with Crippen LogP contribution in [-0.2, 0) is 11.2 Å². The Labute approximate surface area is 210 Å². The normalized spacial score (nSPS) is 16.5. The molecule has 1 aliphatic heterocycles. The number of carbonyl (C=O) groups excluding carboxylic acids is 2. The lowest BCUT2D eigenvalue weighted by molar-refractivity contribution is -0.123. The maximum absolute atomic E-state index is 13.4. The van der Waals surface area contributed by atoms with Crippen LogP contribution in [0.1, 0.15) is 40.3 Å². The van der Waals surface area contributed by atoms with Crippen molar-refractivity contribution >= 4 is 23.2 Å². The number of hydrazone groups is 1. The molecule has 0 saturated carbocycles. The summed E-state index contributed by atoms with van der Waals surface area (Å²) < 4.78 is 11.6. The fourth-order valence-corrected chi connectivity index (χ4v) is 4.76. The molecular formula is C28H30N4O4. The number of hydrogen-bond acceptors (Lipinski definition) is 6. The maximum atomic E-state index is 13.4. The van der Waals surface area contributed by atoms with Crippen molar-refractivity contribution in [1.29, 1.82) is 0 Å². The predicted octanol–water partition coefficient (Wildman–Crippen LogP) is 3.79. The zero-order chi connectivity index (χ0) is 24.9. The summed E-state index contributed by atoms with van der Waals surface area (Å²) in [5, 5.41) is 4.37. The van der Waals surface area contributed by atoms with Crippen molar-refractivity contribution in [1.82, 2.24) is 10.3 Å². The number of furan rings is 1. The second kappa shape index (κ2) is 10.7. The van der Waals surface area contributed by atoms with E-state index in [1.807, 2.05) is 48.2 Å². The molecule has 2 aromatic carbocycles. The van der Waals surface area contributed by atoms with Gasteiger partial charge in [-0.25, -0.2) is 5.43 Å². The van der Waals surface area contributed by atoms with E-state index >= 15 is 0 Å². The molecule has 0 spiro atoms. The van der Waals surface area contributed by atoms with Crippen molar-refractivity contribution < 1.29 is 18.7 Å². The Hall–Kier alpha value is -4.07. The van der Waals surface area contributed by atoms with E-state index in [2.05, 4.69) is 27.6 Å². The third kappa shape index (κ3) is 5.12. The Balaban J connectivity index is 1.24. The summed E-state index contributed by atoms with van der Waals surface area (Å²) in [6.07, 6.45) is 2.30. The first-order valence-electron chi connectivity index (χ1n) is 12.4. The Kier molecular flexibility index (Phi) is 7.02. The Bertz CT molecular complexity index is 1250. The van der Waals surface area contributed by atoms with Crippen LogP contribution in [-0.4, -0.2) is 55.2 Å². The number of amides is 2. The van der Waals surface area contributed by atoms with E-state index in [0.29, 0.717) is 31.0 Å². The monoisotopic (exact) mass is 486 g/mol. The zero-order valence-corrected chi connectivity index (χ0v) is 20.4. The summed E-state index contributed by atoms with van der Waals surface area (Å²) in [7, 11) is 0. The van der Waals surface area contributed by atoms with Gasteiger partial charge in [0.05, 0.1) is 5.71 Å². The molecule has 8 heteroatoms. The average Bonchev–Trinajstić information content (AvgIpc) is 3.28. The molecule has 8 nitrogen and oxygen atoms in total. The molecule has 1 N–H and O–H groups in total. The number of benzene rings is 2. The number of carbonyl (C=O) groups is 2. The number of para-hydroxylation sites is 2. The highest BCUT2D eigenvalue weighted by Crippen LogP contribution is 2.31. The molecule has 5 rings (SSSR count). The molecule has 1 saturated heterocycles. The first-order chi connectivity index (χ1) is 17.6. The van der Waals surface area contributed by atoms with Crippen molar-refractivity contribution in [2.24, 2.45) is 5.10 Å². The van der Waals surface area contributed by atoms with Gasteiger partial charge in [-0.2, -0.15) is 5.10 Å². The van der Waals surface area contributed by atoms with Gasteiger partial charge in [0, 0.05) is 49.4 Å². The quantitative estimate of drug-likeness (QED) is 0.536. The number of nitrogens with one attached hydrogen (secondary N) is 1. The number of rotatable bonds is 6. The first kappa shape index (κ1) is 23.7. The Morgan fingerprint density at radius 2 is 1.67 bits per heavy atom. The van der Waals surface area contributed by atoms with Crippen LogP contribution in [0.15, 0.2) is 70.2 Å². The molecule has 186 valence electrons. The molecule has 0 radical (unpaired) electrons. The number of hydrogen-bond donors (Lipinski definition) is 1. The lowest BCUT2D eigenvalue weighted by Gasteiger charge is -2.35. The van der Waals surface area contributed by atoms with Gasteiger partial charge in [0.2, 0.25) is 0 Å². The smallest absolute Gasteiger partial charge is 0.289 e. The number of piperazine rings is 1. The molecule has 0 unspecified atom stereocenters. The van der Waals surface area contributed by atoms with Gasteiger partial charge in [-0.1, -0.05) is 36.4 Å². The van der Waals surface area contributed by atoms with Gasteiger partial charge in [0.1, 0.15) is 11.5 Å². The van der Waals surface area contributed by atoms with Crippen LogP contribution >= 0.6 is 0 Å². The highest BCUT2D eigenvalue weighted by molar-refractivity contribution is 6.06. The van der Waals surface area contributed by atoms with E-state index < -0.39 is 0 Å². The largest absolute Gasteiger partial charge is 0.484 e. The van der Waals surface area contributed by atoms with Crippen molar-refractivity contribution in [3.05, 3.63) is 83.3 Å². The average molecular weight is 487 g/mol. The molecule has 0 atom stereocenters. The fourth-order valence-electron chi connectivity index (χ4n) is 4.76. The minimum absolute atomic E-state index is 0.0886. The Morgan fingerprint density at radius 3 is 2.39 bits per heavy atom. The lowest BCUT2D eigenvalue weighted by atomic mass is 9.93. The highest BCUT2D eigenvalue weighted by atomic mass is 16.5. The van der Waals surface area contributed by atoms with E-state index in [4.69, 9.17) is 9.15 Å². The van der Waals surface area contributed by atoms with Crippen molar-refractivity contribution in [3.8, 4) is 5.75 Å². The van der Waals surface area contributed by atoms with Crippen molar-refractivity contribution in [2.45, 2.75) is 26.2 Å². The lowest BCUT2D eigenvalue weighted by Crippen LogP contribution is -2.48. The summed E-state index contributed by atoms with van der Waals surface area (Å²) in [5.74, 6) is 1.33. The van der Waals surface area contributed by atoms with Gasteiger partial charge >= 0.3 is 0 Å². The highest BCUT2D eigenvalue weighted by Gasteiger charge is 2.31. The number of fused-ring (bicyclic) bond motifs is 1. The van der Waals surface area contributed by atoms with Crippen LogP contribution in [0.4, 0.5) is 5.69 Å². The summed E-state index contributed by atoms with van der Waals surface area (Å²) >= 11 is 0. The van der Waals surface area contributed by atoms with E-state index in [9.17, 15) is 9.59 Å². The standard InChI is InChI=1S/C28H30N4O4/c1-20-26-23(29-30-25(33)19-35-22-11-6-3-7-12-22)13-8-14-24(26)36-27(20)28(34)32-17-15-31(16-18-32)21-9-4-2-5-10-21/h2-7,9-12H,8,13-19H2,1H3,(H,30,33)/b29-23+. The number of aryl methyl sites for hydroxylation is 1. The van der Waals surface area contributed by atoms with Crippen LogP contribution in [0.3, 0.4) is 0 Å². The predicted molar refractivity (Wildman–Crippen MR) is 138 cm³/mol. The van der Waals surface area contributed by atoms with Gasteiger partial charge < -0.3 is 19.0 Å². The third-order valence-electron chi connectivity index (χ3n) is 6.64. The number of ether oxygens (including phenoxy) is 1. The molecule has 2 amide bonds. The van der Waals surface area contributed by atoms with Crippen molar-refractivity contribution in [3.63, 3.8) is 0 Å². The van der Waals surface area contributed by atoms with Gasteiger partial charge in [-0.3, -0.25) is 9.59 Å². The van der Waals surface area contributed by atoms with Gasteiger partial charge in [-0.15, -0.1) is 0 Å². The van der Waals surface area contributed by atoms with E-state index in [-0.39, 0.29) is 18.4 Å². The molecule has 1 fully saturated rings. The third-order valence-corrected chi connectivity index (χ3v) is 6.64. The fraction of sp³-hybridized carbons (Fsp3) is 0.321. The summed E-state index contributed by atoms with van der Waals surface area (Å²) in [5.41, 5.74) is 6.13. The van der Waals surface area contributed by atoms with Gasteiger partial charge in [-0.05, 0) is 44.0 Å². The van der Waals surface area contributed by atoms with Crippen LogP contribution in [0.5, 0.6) is 5.75 Å². The van der Waals surface area contributed by atoms with Crippen LogP contribution in [0, 0.1) is 6.92 Å². The van der Waals surface area contributed by atoms with Crippen LogP contribution < -0.4 is 15.1 Å². The molecule has 2 heterocycles. The van der Waals surface area contributed by atoms with Crippen molar-refractivity contribution in [2.75, 3.05) is 37.7 Å². The molecule has 1 aromatic heterocycles. The Morgan fingerprint density at radius 1 is 0.972 bits per heavy atom. The molecule has 1 aliphatic carbocycles. The maximum Gasteiger partial charge on any atom is 0.289 e. The number of anilines is 1. The first-order valence-corrected chi connectivity index (χ1v) is 12.4. The SMILES string of the molecule is Cc1c(C(=O)N2CCN(c3ccccc3)CC2)oc2c1/C(=N/NC(=O)COc1ccccc1)CCC2. The minimum Gasteiger partial charge on any atom is -0.484 e. The molecule has 2 aliphatic rings. The summed E-state index contributed by atoms with van der Waals surface area (Å²) in [4.78, 5) is 29.8. The van der Waals surface area contributed by atoms with Crippen LogP contribution in [0.2, 0.25) is 0 Å². The topological polar surface area (TPSA) is 87.4 Å². The van der Waals surface area contributed by atoms with E-state index in [1.54, 1.807) is 12.1 Å². The molecule has 0 bridgehead atoms. The van der Waals surface area contributed by atoms with Crippen LogP contribution in [0.25, 0.3) is 0 Å². The van der Waals surface area contributed by atoms with Gasteiger partial charge in [0.15, 0.2) is 12.4 Å². The van der Waals surface area contributed by atoms with Gasteiger partial charge in [0.25, 0.3) is 11.8 Å². The second-order valence-corrected chi connectivity index (χ2v) is 9.02. The molecular weight excluding hydrogens is 456 g/mol. The van der Waals surface area contributed by atoms with E-state index in [0.717, 1.165) is 48.5 Å². The number of nitrogens with zero attached hydrogens (tertiary/aromatic N) is 3. The summed E-state index contributed by atoms with van der Waals surface area (Å²) in [6, 6.07) is 19.4.